The summed E-state index contributed by atoms with van der Waals surface area (Å²) >= 11 is 6.59. The van der Waals surface area contributed by atoms with E-state index in [0.717, 1.165) is 22.5 Å². The van der Waals surface area contributed by atoms with Crippen LogP contribution in [-0.4, -0.2) is 46.1 Å². The minimum absolute atomic E-state index is 0.0697. The summed E-state index contributed by atoms with van der Waals surface area (Å²) in [6.45, 7) is 10.3. The van der Waals surface area contributed by atoms with Crippen LogP contribution in [0.25, 0.3) is 0 Å². The van der Waals surface area contributed by atoms with Crippen LogP contribution in [0.5, 0.6) is 0 Å². The molecule has 4 N–H and O–H groups in total. The fourth-order valence-corrected chi connectivity index (χ4v) is 4.68. The van der Waals surface area contributed by atoms with Crippen molar-refractivity contribution in [3.8, 4) is 0 Å². The molecule has 0 radical (unpaired) electrons. The van der Waals surface area contributed by atoms with Gasteiger partial charge in [0.25, 0.3) is 11.5 Å². The average Bonchev–Trinajstić information content (AvgIpc) is 2.77. The third-order valence-corrected chi connectivity index (χ3v) is 6.60. The largest absolute Gasteiger partial charge is 0.465 e. The van der Waals surface area contributed by atoms with E-state index in [2.05, 4.69) is 22.2 Å². The fraction of sp³-hybridized carbons (Fsp3) is 0.400. The molecule has 34 heavy (non-hydrogen) atoms. The van der Waals surface area contributed by atoms with Gasteiger partial charge in [0, 0.05) is 53.2 Å². The molecule has 1 fully saturated rings. The Hall–Kier alpha value is -3.26. The highest BCUT2D eigenvalue weighted by Crippen LogP contribution is 2.32. The number of carboxylic acid groups (broad SMARTS) is 1. The first-order valence-electron chi connectivity index (χ1n) is 11.3. The molecule has 0 unspecified atom stereocenters. The van der Waals surface area contributed by atoms with E-state index in [0.29, 0.717) is 54.1 Å². The Morgan fingerprint density at radius 3 is 2.50 bits per heavy atom. The molecule has 2 heterocycles. The maximum Gasteiger partial charge on any atom is 0.407 e. The third kappa shape index (κ3) is 5.62. The van der Waals surface area contributed by atoms with Gasteiger partial charge < -0.3 is 25.6 Å². The lowest BCUT2D eigenvalue weighted by molar-refractivity contribution is 0.0949. The number of rotatable bonds is 7. The van der Waals surface area contributed by atoms with Gasteiger partial charge in [0.15, 0.2) is 0 Å². The topological polar surface area (TPSA) is 115 Å². The van der Waals surface area contributed by atoms with E-state index >= 15 is 0 Å². The molecule has 1 aromatic carbocycles. The first kappa shape index (κ1) is 25.4. The molecule has 2 aromatic rings. The van der Waals surface area contributed by atoms with Gasteiger partial charge in [0.1, 0.15) is 0 Å². The molecular weight excluding hydrogens is 456 g/mol. The number of amides is 2. The molecule has 8 nitrogen and oxygen atoms in total. The molecule has 1 saturated heterocycles. The number of anilines is 1. The molecule has 2 amide bonds. The zero-order valence-corrected chi connectivity index (χ0v) is 20.5. The number of halogens is 1. The number of aryl methyl sites for hydroxylation is 2. The lowest BCUT2D eigenvalue weighted by atomic mass is 9.95. The molecular formula is C25H31ClN4O4. The van der Waals surface area contributed by atoms with Crippen LogP contribution in [0.2, 0.25) is 5.02 Å². The van der Waals surface area contributed by atoms with Crippen molar-refractivity contribution in [2.75, 3.05) is 18.4 Å². The molecule has 1 aliphatic heterocycles. The van der Waals surface area contributed by atoms with Crippen molar-refractivity contribution >= 4 is 29.3 Å². The van der Waals surface area contributed by atoms with Crippen molar-refractivity contribution in [1.29, 1.82) is 0 Å². The Balaban J connectivity index is 1.86. The van der Waals surface area contributed by atoms with Crippen molar-refractivity contribution in [2.24, 2.45) is 0 Å². The second kappa shape index (κ2) is 10.8. The minimum atomic E-state index is -0.909. The SMILES string of the molecule is C=CCc1c(Cl)cc(NC2CCN(C(=O)O)CC2)c(C)c1C(=O)NCc1c(C)cc(C)[nH]c1=O. The molecule has 1 aliphatic rings. The number of H-pyrrole nitrogens is 1. The monoisotopic (exact) mass is 486 g/mol. The minimum Gasteiger partial charge on any atom is -0.465 e. The smallest absolute Gasteiger partial charge is 0.407 e. The number of piperidine rings is 1. The predicted molar refractivity (Wildman–Crippen MR) is 134 cm³/mol. The number of allylic oxidation sites excluding steroid dienone is 1. The van der Waals surface area contributed by atoms with Gasteiger partial charge in [-0.1, -0.05) is 17.7 Å². The first-order chi connectivity index (χ1) is 16.1. The summed E-state index contributed by atoms with van der Waals surface area (Å²) in [5.41, 5.74) is 4.48. The van der Waals surface area contributed by atoms with Crippen LogP contribution in [0.4, 0.5) is 10.5 Å². The highest BCUT2D eigenvalue weighted by atomic mass is 35.5. The fourth-order valence-electron chi connectivity index (χ4n) is 4.40. The average molecular weight is 487 g/mol. The molecule has 0 atom stereocenters. The maximum absolute atomic E-state index is 13.3. The van der Waals surface area contributed by atoms with Gasteiger partial charge in [-0.2, -0.15) is 0 Å². The van der Waals surface area contributed by atoms with Gasteiger partial charge in [-0.15, -0.1) is 6.58 Å². The number of hydrogen-bond acceptors (Lipinski definition) is 4. The Morgan fingerprint density at radius 1 is 1.24 bits per heavy atom. The maximum atomic E-state index is 13.3. The first-order valence-corrected chi connectivity index (χ1v) is 11.6. The van der Waals surface area contributed by atoms with E-state index in [1.54, 1.807) is 6.08 Å². The number of hydrogen-bond donors (Lipinski definition) is 4. The summed E-state index contributed by atoms with van der Waals surface area (Å²) in [4.78, 5) is 41.0. The third-order valence-electron chi connectivity index (χ3n) is 6.26. The van der Waals surface area contributed by atoms with E-state index in [-0.39, 0.29) is 24.1 Å². The van der Waals surface area contributed by atoms with E-state index in [4.69, 9.17) is 16.7 Å². The lowest BCUT2D eigenvalue weighted by Gasteiger charge is -2.32. The molecule has 0 saturated carbocycles. The Kier molecular flexibility index (Phi) is 8.04. The zero-order chi connectivity index (χ0) is 25.0. The van der Waals surface area contributed by atoms with Crippen LogP contribution in [-0.2, 0) is 13.0 Å². The summed E-state index contributed by atoms with van der Waals surface area (Å²) < 4.78 is 0. The summed E-state index contributed by atoms with van der Waals surface area (Å²) in [6, 6.07) is 3.75. The van der Waals surface area contributed by atoms with E-state index in [1.807, 2.05) is 32.9 Å². The standard InChI is InChI=1S/C25H31ClN4O4/c1-5-6-18-20(26)12-21(29-17-7-9-30(10-8-17)25(33)34)16(4)22(18)24(32)27-13-19-14(2)11-15(3)28-23(19)31/h5,11-12,17,29H,1,6-10,13H2,2-4H3,(H,27,32)(H,28,31)(H,33,34). The van der Waals surface area contributed by atoms with E-state index in [1.165, 1.54) is 4.90 Å². The number of aromatic amines is 1. The highest BCUT2D eigenvalue weighted by molar-refractivity contribution is 6.32. The Morgan fingerprint density at radius 2 is 1.91 bits per heavy atom. The number of benzene rings is 1. The molecule has 0 bridgehead atoms. The summed E-state index contributed by atoms with van der Waals surface area (Å²) in [5, 5.41) is 15.9. The lowest BCUT2D eigenvalue weighted by Crippen LogP contribution is -2.41. The van der Waals surface area contributed by atoms with Gasteiger partial charge in [0.05, 0.1) is 0 Å². The van der Waals surface area contributed by atoms with Crippen molar-refractivity contribution in [3.63, 3.8) is 0 Å². The van der Waals surface area contributed by atoms with Gasteiger partial charge in [-0.05, 0) is 68.9 Å². The van der Waals surface area contributed by atoms with Crippen LogP contribution < -0.4 is 16.2 Å². The van der Waals surface area contributed by atoms with Crippen LogP contribution in [0, 0.1) is 20.8 Å². The number of carbonyl (C=O) groups is 2. The number of nitrogens with zero attached hydrogens (tertiary/aromatic N) is 1. The Labute approximate surface area is 204 Å². The number of nitrogens with one attached hydrogen (secondary N) is 3. The summed E-state index contributed by atoms with van der Waals surface area (Å²) in [6.07, 6.45) is 2.53. The van der Waals surface area contributed by atoms with Gasteiger partial charge >= 0.3 is 6.09 Å². The van der Waals surface area contributed by atoms with Crippen molar-refractivity contribution < 1.29 is 14.7 Å². The number of pyridine rings is 1. The number of likely N-dealkylation sites (tertiary alicyclic amines) is 1. The normalized spacial score (nSPS) is 14.1. The predicted octanol–water partition coefficient (Wildman–Crippen LogP) is 4.17. The van der Waals surface area contributed by atoms with Crippen LogP contribution in [0.15, 0.2) is 29.6 Å². The van der Waals surface area contributed by atoms with Crippen LogP contribution in [0.3, 0.4) is 0 Å². The number of carbonyl (C=O) groups excluding carboxylic acids is 1. The quantitative estimate of drug-likeness (QED) is 0.438. The summed E-state index contributed by atoms with van der Waals surface area (Å²) in [7, 11) is 0. The van der Waals surface area contributed by atoms with Crippen LogP contribution >= 0.6 is 11.6 Å². The van der Waals surface area contributed by atoms with Gasteiger partial charge in [-0.3, -0.25) is 9.59 Å². The molecule has 9 heteroatoms. The number of aromatic nitrogens is 1. The van der Waals surface area contributed by atoms with Crippen molar-refractivity contribution in [1.82, 2.24) is 15.2 Å². The molecule has 0 aliphatic carbocycles. The zero-order valence-electron chi connectivity index (χ0n) is 19.8. The molecule has 0 spiro atoms. The van der Waals surface area contributed by atoms with Gasteiger partial charge in [0.2, 0.25) is 0 Å². The second-order valence-corrected chi connectivity index (χ2v) is 9.10. The van der Waals surface area contributed by atoms with Crippen molar-refractivity contribution in [2.45, 2.75) is 52.6 Å². The molecule has 3 rings (SSSR count). The van der Waals surface area contributed by atoms with Gasteiger partial charge in [-0.25, -0.2) is 4.79 Å². The molecule has 1 aromatic heterocycles. The van der Waals surface area contributed by atoms with E-state index < -0.39 is 6.09 Å². The van der Waals surface area contributed by atoms with E-state index in [9.17, 15) is 14.4 Å². The highest BCUT2D eigenvalue weighted by Gasteiger charge is 2.25. The second-order valence-electron chi connectivity index (χ2n) is 8.69. The Bertz CT molecular complexity index is 1170. The van der Waals surface area contributed by atoms with Crippen LogP contribution in [0.1, 0.15) is 51.1 Å². The molecule has 182 valence electrons. The van der Waals surface area contributed by atoms with Crippen molar-refractivity contribution in [3.05, 3.63) is 73.7 Å². The summed E-state index contributed by atoms with van der Waals surface area (Å²) in [5.74, 6) is -0.319.